The molecule has 2 N–H and O–H groups in total. The Morgan fingerprint density at radius 2 is 1.66 bits per heavy atom. The highest BCUT2D eigenvalue weighted by Crippen LogP contribution is 2.37. The van der Waals surface area contributed by atoms with Gasteiger partial charge in [0.15, 0.2) is 6.10 Å². The van der Waals surface area contributed by atoms with Crippen LogP contribution in [0, 0.1) is 10.1 Å². The van der Waals surface area contributed by atoms with Crippen molar-refractivity contribution in [2.24, 2.45) is 0 Å². The number of nitrogens with one attached hydrogen (secondary N) is 2. The molecule has 0 fully saturated rings. The molecule has 2 aromatic carbocycles. The van der Waals surface area contributed by atoms with Crippen LogP contribution in [0.4, 0.5) is 24.5 Å². The molecule has 188 valence electrons. The molecule has 0 saturated heterocycles. The van der Waals surface area contributed by atoms with Crippen molar-refractivity contribution in [3.63, 3.8) is 0 Å². The largest absolute Gasteiger partial charge is 0.497 e. The van der Waals surface area contributed by atoms with Crippen LogP contribution in [0.3, 0.4) is 0 Å². The highest BCUT2D eigenvalue weighted by molar-refractivity contribution is 5.98. The van der Waals surface area contributed by atoms with Gasteiger partial charge < -0.3 is 24.8 Å². The Morgan fingerprint density at radius 3 is 2.17 bits per heavy atom. The van der Waals surface area contributed by atoms with Crippen molar-refractivity contribution in [2.75, 3.05) is 26.1 Å². The fourth-order valence-electron chi connectivity index (χ4n) is 2.71. The standard InChI is InChI=1S/C21H20F3N3O8/c1-11(19(29)26-17-5-4-13(27(31)32)8-16(17)21(22,23)24)35-18(28)10-25-20(30)12-6-14(33-2)9-15(7-12)34-3/h4-9,11H,10H2,1-3H3,(H,25,30)(H,26,29). The lowest BCUT2D eigenvalue weighted by Gasteiger charge is -2.17. The smallest absolute Gasteiger partial charge is 0.418 e. The number of carbonyl (C=O) groups excluding carboxylic acids is 3. The number of hydrogen-bond acceptors (Lipinski definition) is 8. The van der Waals surface area contributed by atoms with E-state index in [1.165, 1.54) is 32.4 Å². The second-order valence-corrected chi connectivity index (χ2v) is 6.89. The number of esters is 1. The van der Waals surface area contributed by atoms with Gasteiger partial charge in [0.25, 0.3) is 17.5 Å². The molecule has 2 rings (SSSR count). The second kappa shape index (κ2) is 11.2. The van der Waals surface area contributed by atoms with Crippen LogP contribution < -0.4 is 20.1 Å². The van der Waals surface area contributed by atoms with Crippen molar-refractivity contribution in [1.29, 1.82) is 0 Å². The van der Waals surface area contributed by atoms with Crippen LogP contribution in [0.1, 0.15) is 22.8 Å². The summed E-state index contributed by atoms with van der Waals surface area (Å²) in [6.45, 7) is 0.446. The third kappa shape index (κ3) is 7.31. The van der Waals surface area contributed by atoms with E-state index in [1.807, 2.05) is 5.32 Å². The van der Waals surface area contributed by atoms with E-state index >= 15 is 0 Å². The molecule has 0 saturated carbocycles. The molecule has 0 heterocycles. The van der Waals surface area contributed by atoms with Crippen molar-refractivity contribution in [3.05, 3.63) is 57.6 Å². The normalized spacial score (nSPS) is 11.7. The van der Waals surface area contributed by atoms with Gasteiger partial charge in [-0.1, -0.05) is 0 Å². The average molecular weight is 499 g/mol. The first kappa shape index (κ1) is 26.9. The third-order valence-corrected chi connectivity index (χ3v) is 4.46. The summed E-state index contributed by atoms with van der Waals surface area (Å²) < 4.78 is 54.7. The van der Waals surface area contributed by atoms with E-state index in [0.717, 1.165) is 19.1 Å². The van der Waals surface area contributed by atoms with Crippen LogP contribution in [-0.2, 0) is 20.5 Å². The molecule has 0 spiro atoms. The van der Waals surface area contributed by atoms with Gasteiger partial charge in [-0.2, -0.15) is 13.2 Å². The van der Waals surface area contributed by atoms with E-state index in [0.29, 0.717) is 11.5 Å². The maximum atomic E-state index is 13.2. The van der Waals surface area contributed by atoms with Gasteiger partial charge in [-0.25, -0.2) is 0 Å². The number of methoxy groups -OCH3 is 2. The Morgan fingerprint density at radius 1 is 1.06 bits per heavy atom. The quantitative estimate of drug-likeness (QED) is 0.304. The van der Waals surface area contributed by atoms with Crippen molar-refractivity contribution in [1.82, 2.24) is 5.32 Å². The van der Waals surface area contributed by atoms with Crippen LogP contribution in [0.15, 0.2) is 36.4 Å². The number of anilines is 1. The Labute approximate surface area is 196 Å². The van der Waals surface area contributed by atoms with Gasteiger partial charge in [0.1, 0.15) is 18.0 Å². The molecule has 0 aliphatic heterocycles. The van der Waals surface area contributed by atoms with Crippen LogP contribution in [0.2, 0.25) is 0 Å². The lowest BCUT2D eigenvalue weighted by Crippen LogP contribution is -2.36. The number of benzene rings is 2. The topological polar surface area (TPSA) is 146 Å². The monoisotopic (exact) mass is 499 g/mol. The molecule has 0 radical (unpaired) electrons. The number of halogens is 3. The lowest BCUT2D eigenvalue weighted by atomic mass is 10.1. The molecule has 1 atom stereocenters. The van der Waals surface area contributed by atoms with E-state index in [1.54, 1.807) is 0 Å². The van der Waals surface area contributed by atoms with E-state index in [2.05, 4.69) is 5.32 Å². The summed E-state index contributed by atoms with van der Waals surface area (Å²) in [7, 11) is 2.77. The fourth-order valence-corrected chi connectivity index (χ4v) is 2.71. The Bertz CT molecular complexity index is 1120. The minimum Gasteiger partial charge on any atom is -0.497 e. The van der Waals surface area contributed by atoms with Gasteiger partial charge in [-0.15, -0.1) is 0 Å². The average Bonchev–Trinajstić information content (AvgIpc) is 2.81. The zero-order valence-corrected chi connectivity index (χ0v) is 18.6. The molecular weight excluding hydrogens is 479 g/mol. The summed E-state index contributed by atoms with van der Waals surface area (Å²) in [5.41, 5.74) is -2.91. The maximum Gasteiger partial charge on any atom is 0.418 e. The van der Waals surface area contributed by atoms with Gasteiger partial charge >= 0.3 is 12.1 Å². The zero-order valence-electron chi connectivity index (χ0n) is 18.6. The molecule has 11 nitrogen and oxygen atoms in total. The summed E-state index contributed by atoms with van der Waals surface area (Å²) in [6.07, 6.45) is -6.55. The number of nitrogens with zero attached hydrogens (tertiary/aromatic N) is 1. The highest BCUT2D eigenvalue weighted by Gasteiger charge is 2.36. The summed E-state index contributed by atoms with van der Waals surface area (Å²) in [5, 5.41) is 15.0. The number of hydrogen-bond donors (Lipinski definition) is 2. The summed E-state index contributed by atoms with van der Waals surface area (Å²) in [5.74, 6) is -2.20. The molecule has 35 heavy (non-hydrogen) atoms. The number of ether oxygens (including phenoxy) is 3. The van der Waals surface area contributed by atoms with Crippen LogP contribution in [0.5, 0.6) is 11.5 Å². The first-order chi connectivity index (χ1) is 16.3. The van der Waals surface area contributed by atoms with E-state index in [4.69, 9.17) is 14.2 Å². The lowest BCUT2D eigenvalue weighted by molar-refractivity contribution is -0.385. The molecule has 1 unspecified atom stereocenters. The van der Waals surface area contributed by atoms with Crippen molar-refractivity contribution < 1.29 is 46.7 Å². The Balaban J connectivity index is 2.00. The molecule has 2 aromatic rings. The number of carbonyl (C=O) groups is 3. The summed E-state index contributed by atoms with van der Waals surface area (Å²) in [6, 6.07) is 6.08. The third-order valence-electron chi connectivity index (χ3n) is 4.46. The van der Waals surface area contributed by atoms with E-state index < -0.39 is 58.5 Å². The minimum atomic E-state index is -5.00. The van der Waals surface area contributed by atoms with Gasteiger partial charge in [-0.05, 0) is 25.1 Å². The van der Waals surface area contributed by atoms with Gasteiger partial charge in [0, 0.05) is 23.8 Å². The predicted octanol–water partition coefficient (Wildman–Crippen LogP) is 2.93. The molecule has 0 aromatic heterocycles. The number of nitro groups is 1. The number of rotatable bonds is 9. The van der Waals surface area contributed by atoms with Crippen LogP contribution >= 0.6 is 0 Å². The van der Waals surface area contributed by atoms with Crippen molar-refractivity contribution in [2.45, 2.75) is 19.2 Å². The molecule has 0 aliphatic rings. The molecule has 0 aliphatic carbocycles. The van der Waals surface area contributed by atoms with E-state index in [9.17, 15) is 37.7 Å². The van der Waals surface area contributed by atoms with Crippen LogP contribution in [-0.4, -0.2) is 49.6 Å². The van der Waals surface area contributed by atoms with Gasteiger partial charge in [0.05, 0.1) is 30.4 Å². The SMILES string of the molecule is COc1cc(OC)cc(C(=O)NCC(=O)OC(C)C(=O)Nc2ccc([N+](=O)[O-])cc2C(F)(F)F)c1. The van der Waals surface area contributed by atoms with Crippen molar-refractivity contribution >= 4 is 29.2 Å². The van der Waals surface area contributed by atoms with Gasteiger partial charge in [-0.3, -0.25) is 24.5 Å². The van der Waals surface area contributed by atoms with Crippen molar-refractivity contribution in [3.8, 4) is 11.5 Å². The maximum absolute atomic E-state index is 13.2. The first-order valence-corrected chi connectivity index (χ1v) is 9.73. The Kier molecular flexibility index (Phi) is 8.59. The molecule has 0 bridgehead atoms. The molecular formula is C21H20F3N3O8. The zero-order chi connectivity index (χ0) is 26.3. The second-order valence-electron chi connectivity index (χ2n) is 6.89. The highest BCUT2D eigenvalue weighted by atomic mass is 19.4. The number of non-ortho nitro benzene ring substituents is 1. The molecule has 2 amide bonds. The Hall–Kier alpha value is -4.36. The van der Waals surface area contributed by atoms with E-state index in [-0.39, 0.29) is 11.6 Å². The predicted molar refractivity (Wildman–Crippen MR) is 114 cm³/mol. The number of nitro benzene ring substituents is 1. The first-order valence-electron chi connectivity index (χ1n) is 9.73. The number of amides is 2. The minimum absolute atomic E-state index is 0.109. The molecule has 14 heteroatoms. The van der Waals surface area contributed by atoms with Crippen LogP contribution in [0.25, 0.3) is 0 Å². The van der Waals surface area contributed by atoms with Gasteiger partial charge in [0.2, 0.25) is 0 Å². The summed E-state index contributed by atoms with van der Waals surface area (Å²) in [4.78, 5) is 46.3. The summed E-state index contributed by atoms with van der Waals surface area (Å²) >= 11 is 0. The number of alkyl halides is 3. The fraction of sp³-hybridized carbons (Fsp3) is 0.286.